The van der Waals surface area contributed by atoms with Gasteiger partial charge in [-0.2, -0.15) is 0 Å². The van der Waals surface area contributed by atoms with Gasteiger partial charge in [0.25, 0.3) is 5.56 Å². The van der Waals surface area contributed by atoms with Crippen molar-refractivity contribution in [3.63, 3.8) is 0 Å². The predicted octanol–water partition coefficient (Wildman–Crippen LogP) is 3.09. The fourth-order valence-corrected chi connectivity index (χ4v) is 4.77. The van der Waals surface area contributed by atoms with E-state index >= 15 is 0 Å². The van der Waals surface area contributed by atoms with Crippen LogP contribution >= 0.6 is 11.6 Å². The van der Waals surface area contributed by atoms with Gasteiger partial charge in [0, 0.05) is 49.3 Å². The van der Waals surface area contributed by atoms with Crippen molar-refractivity contribution in [2.45, 2.75) is 17.6 Å². The first kappa shape index (κ1) is 23.8. The average molecular weight is 507 g/mol. The van der Waals surface area contributed by atoms with Gasteiger partial charge in [-0.15, -0.1) is 0 Å². The number of rotatable bonds is 5. The van der Waals surface area contributed by atoms with Gasteiger partial charge in [0.05, 0.1) is 16.8 Å². The molecule has 4 rings (SSSR count). The standard InChI is InChI=1S/C22H20ClFN4O5S/c1-34(32,33)21-25-7-4-18(26-21)13-6-9-28(19(29)11-13)20(14-2-3-16(23)17(24)10-14)15-5-8-27(12-15)22(30)31/h2-4,6-7,9-11,15,20H,5,8,12H2,1H3,(H,30,31)/t15-,20+/m1/s1. The average Bonchev–Trinajstić information content (AvgIpc) is 3.27. The van der Waals surface area contributed by atoms with Crippen molar-refractivity contribution in [1.82, 2.24) is 19.4 Å². The third-order valence-corrected chi connectivity index (χ3v) is 6.90. The van der Waals surface area contributed by atoms with E-state index in [1.807, 2.05) is 0 Å². The van der Waals surface area contributed by atoms with E-state index in [2.05, 4.69) is 9.97 Å². The number of halogens is 2. The van der Waals surface area contributed by atoms with Crippen molar-refractivity contribution in [1.29, 1.82) is 0 Å². The third kappa shape index (κ3) is 4.80. The molecule has 9 nitrogen and oxygen atoms in total. The maximum absolute atomic E-state index is 14.3. The largest absolute Gasteiger partial charge is 0.465 e. The highest BCUT2D eigenvalue weighted by Crippen LogP contribution is 2.34. The van der Waals surface area contributed by atoms with Crippen LogP contribution in [0.5, 0.6) is 0 Å². The number of nitrogens with zero attached hydrogens (tertiary/aromatic N) is 4. The second-order valence-corrected chi connectivity index (χ2v) is 10.4. The minimum Gasteiger partial charge on any atom is -0.465 e. The van der Waals surface area contributed by atoms with Gasteiger partial charge in [0.15, 0.2) is 0 Å². The highest BCUT2D eigenvalue weighted by Gasteiger charge is 2.34. The van der Waals surface area contributed by atoms with Crippen LogP contribution in [0.3, 0.4) is 0 Å². The Labute approximate surface area is 199 Å². The molecule has 178 valence electrons. The summed E-state index contributed by atoms with van der Waals surface area (Å²) < 4.78 is 39.3. The number of aromatic nitrogens is 3. The summed E-state index contributed by atoms with van der Waals surface area (Å²) in [5, 5.41) is 8.94. The summed E-state index contributed by atoms with van der Waals surface area (Å²) in [6.45, 7) is 0.483. The number of pyridine rings is 1. The first-order valence-corrected chi connectivity index (χ1v) is 12.5. The van der Waals surface area contributed by atoms with Crippen LogP contribution in [0.2, 0.25) is 5.02 Å². The molecule has 1 saturated heterocycles. The quantitative estimate of drug-likeness (QED) is 0.527. The Hall–Kier alpha value is -3.31. The van der Waals surface area contributed by atoms with E-state index in [0.717, 1.165) is 6.26 Å². The van der Waals surface area contributed by atoms with Gasteiger partial charge >= 0.3 is 6.09 Å². The van der Waals surface area contributed by atoms with Crippen molar-refractivity contribution in [2.24, 2.45) is 5.92 Å². The second-order valence-electron chi connectivity index (χ2n) is 8.05. The maximum Gasteiger partial charge on any atom is 0.407 e. The summed E-state index contributed by atoms with van der Waals surface area (Å²) in [6.07, 6.45) is 3.22. The van der Waals surface area contributed by atoms with Crippen molar-refractivity contribution in [3.8, 4) is 11.3 Å². The summed E-state index contributed by atoms with van der Waals surface area (Å²) in [5.41, 5.74) is 0.682. The van der Waals surface area contributed by atoms with Crippen LogP contribution < -0.4 is 5.56 Å². The Morgan fingerprint density at radius 3 is 2.65 bits per heavy atom. The van der Waals surface area contributed by atoms with Crippen LogP contribution in [0.1, 0.15) is 18.0 Å². The highest BCUT2D eigenvalue weighted by molar-refractivity contribution is 7.90. The molecule has 3 heterocycles. The van der Waals surface area contributed by atoms with Gasteiger partial charge in [-0.25, -0.2) is 27.6 Å². The van der Waals surface area contributed by atoms with Crippen molar-refractivity contribution in [2.75, 3.05) is 19.3 Å². The number of amides is 1. The van der Waals surface area contributed by atoms with Crippen LogP contribution in [0, 0.1) is 11.7 Å². The number of hydrogen-bond acceptors (Lipinski definition) is 6. The van der Waals surface area contributed by atoms with E-state index in [-0.39, 0.29) is 28.3 Å². The molecule has 1 fully saturated rings. The summed E-state index contributed by atoms with van der Waals surface area (Å²) in [6, 6.07) is 8.01. The molecule has 3 aromatic rings. The zero-order valence-electron chi connectivity index (χ0n) is 17.9. The van der Waals surface area contributed by atoms with Gasteiger partial charge in [-0.05, 0) is 36.2 Å². The fraction of sp³-hybridized carbons (Fsp3) is 0.273. The van der Waals surface area contributed by atoms with E-state index in [0.29, 0.717) is 24.1 Å². The number of carbonyl (C=O) groups is 1. The highest BCUT2D eigenvalue weighted by atomic mass is 35.5. The van der Waals surface area contributed by atoms with Crippen LogP contribution in [0.25, 0.3) is 11.3 Å². The topological polar surface area (TPSA) is 122 Å². The van der Waals surface area contributed by atoms with Crippen molar-refractivity contribution in [3.05, 3.63) is 75.5 Å². The van der Waals surface area contributed by atoms with E-state index in [4.69, 9.17) is 11.6 Å². The molecule has 34 heavy (non-hydrogen) atoms. The van der Waals surface area contributed by atoms with Crippen LogP contribution in [0.15, 0.2) is 58.7 Å². The molecule has 2 atom stereocenters. The first-order valence-electron chi connectivity index (χ1n) is 10.2. The molecular formula is C22H20ClFN4O5S. The zero-order chi connectivity index (χ0) is 24.6. The Balaban J connectivity index is 1.77. The Bertz CT molecular complexity index is 1430. The van der Waals surface area contributed by atoms with Gasteiger partial charge < -0.3 is 14.6 Å². The summed E-state index contributed by atoms with van der Waals surface area (Å²) >= 11 is 5.84. The van der Waals surface area contributed by atoms with Gasteiger partial charge in [0.2, 0.25) is 15.0 Å². The van der Waals surface area contributed by atoms with E-state index < -0.39 is 33.3 Å². The molecule has 0 spiro atoms. The molecule has 2 aromatic heterocycles. The maximum atomic E-state index is 14.3. The molecule has 1 N–H and O–H groups in total. The lowest BCUT2D eigenvalue weighted by atomic mass is 9.91. The molecule has 0 unspecified atom stereocenters. The number of hydrogen-bond donors (Lipinski definition) is 1. The molecule has 1 aliphatic heterocycles. The molecule has 1 amide bonds. The van der Waals surface area contributed by atoms with Crippen LogP contribution in [-0.2, 0) is 9.84 Å². The Morgan fingerprint density at radius 1 is 1.26 bits per heavy atom. The second kappa shape index (κ2) is 9.15. The molecule has 0 bridgehead atoms. The summed E-state index contributed by atoms with van der Waals surface area (Å²) in [7, 11) is -3.64. The summed E-state index contributed by atoms with van der Waals surface area (Å²) in [4.78, 5) is 33.7. The molecule has 0 saturated carbocycles. The van der Waals surface area contributed by atoms with Gasteiger partial charge in [-0.1, -0.05) is 17.7 Å². The Morgan fingerprint density at radius 2 is 2.03 bits per heavy atom. The lowest BCUT2D eigenvalue weighted by Gasteiger charge is -2.27. The third-order valence-electron chi connectivity index (χ3n) is 5.74. The SMILES string of the molecule is CS(=O)(=O)c1nccc(-c2ccn([C@@H](c3ccc(Cl)c(F)c3)[C@@H]3CCN(C(=O)O)C3)c(=O)c2)n1. The number of benzene rings is 1. The molecule has 1 aliphatic rings. The van der Waals surface area contributed by atoms with Crippen LogP contribution in [-0.4, -0.2) is 58.4 Å². The molecule has 0 aliphatic carbocycles. The monoisotopic (exact) mass is 506 g/mol. The van der Waals surface area contributed by atoms with E-state index in [1.54, 1.807) is 12.1 Å². The van der Waals surface area contributed by atoms with Crippen LogP contribution in [0.4, 0.5) is 9.18 Å². The molecular weight excluding hydrogens is 487 g/mol. The minimum absolute atomic E-state index is 0.0609. The minimum atomic E-state index is -3.64. The van der Waals surface area contributed by atoms with E-state index in [1.165, 1.54) is 46.1 Å². The van der Waals surface area contributed by atoms with Crippen molar-refractivity contribution >= 4 is 27.5 Å². The summed E-state index contributed by atoms with van der Waals surface area (Å²) in [5.74, 6) is -0.924. The Kier molecular flexibility index (Phi) is 6.41. The number of likely N-dealkylation sites (tertiary alicyclic amines) is 1. The fourth-order valence-electron chi connectivity index (χ4n) is 4.13. The van der Waals surface area contributed by atoms with Gasteiger partial charge in [-0.3, -0.25) is 4.79 Å². The lowest BCUT2D eigenvalue weighted by Crippen LogP contribution is -2.33. The molecule has 1 aromatic carbocycles. The molecule has 12 heteroatoms. The number of carboxylic acid groups (broad SMARTS) is 1. The molecule has 0 radical (unpaired) electrons. The lowest BCUT2D eigenvalue weighted by molar-refractivity contribution is 0.153. The van der Waals surface area contributed by atoms with E-state index in [9.17, 15) is 27.5 Å². The number of sulfone groups is 1. The zero-order valence-corrected chi connectivity index (χ0v) is 19.5. The first-order chi connectivity index (χ1) is 16.0. The smallest absolute Gasteiger partial charge is 0.407 e. The predicted molar refractivity (Wildman–Crippen MR) is 122 cm³/mol. The normalized spacial score (nSPS) is 17.0. The van der Waals surface area contributed by atoms with Crippen molar-refractivity contribution < 1.29 is 22.7 Å². The van der Waals surface area contributed by atoms with Gasteiger partial charge in [0.1, 0.15) is 5.82 Å².